The van der Waals surface area contributed by atoms with E-state index >= 15 is 0 Å². The van der Waals surface area contributed by atoms with E-state index in [1.807, 2.05) is 52.0 Å². The minimum Gasteiger partial charge on any atom is -0.334 e. The number of nitrogens with one attached hydrogen (secondary N) is 1. The molecule has 0 bridgehead atoms. The van der Waals surface area contributed by atoms with Crippen LogP contribution in [0, 0.1) is 37.8 Å². The fourth-order valence-electron chi connectivity index (χ4n) is 2.81. The Morgan fingerprint density at radius 3 is 2.28 bits per heavy atom. The van der Waals surface area contributed by atoms with Crippen molar-refractivity contribution in [1.82, 2.24) is 19.7 Å². The molecule has 0 radical (unpaired) electrons. The molecule has 0 saturated heterocycles. The maximum atomic E-state index is 11.7. The lowest BCUT2D eigenvalue weighted by atomic mass is 10.1. The molecule has 2 aromatic heterocycles. The number of aromatic nitrogens is 4. The molecule has 0 spiro atoms. The third-order valence-electron chi connectivity index (χ3n) is 3.68. The van der Waals surface area contributed by atoms with Gasteiger partial charge in [-0.2, -0.15) is 5.10 Å². The number of aryl methyl sites for hydroxylation is 4. The number of nitrogens with zero attached hydrogens (tertiary/aromatic N) is 5. The van der Waals surface area contributed by atoms with E-state index < -0.39 is 4.92 Å². The molecule has 1 N–H and O–H groups in total. The second-order valence-corrected chi connectivity index (χ2v) is 5.99. The molecule has 0 aliphatic carbocycles. The zero-order valence-corrected chi connectivity index (χ0v) is 14.4. The molecule has 1 aromatic carbocycles. The van der Waals surface area contributed by atoms with E-state index in [1.165, 1.54) is 11.0 Å². The molecule has 0 atom stereocenters. The van der Waals surface area contributed by atoms with Gasteiger partial charge in [0, 0.05) is 11.4 Å². The van der Waals surface area contributed by atoms with Gasteiger partial charge in [-0.1, -0.05) is 6.07 Å². The van der Waals surface area contributed by atoms with Crippen molar-refractivity contribution < 1.29 is 4.92 Å². The largest absolute Gasteiger partial charge is 0.355 e. The minimum absolute atomic E-state index is 0.132. The fraction of sp³-hybridized carbons (Fsp3) is 0.235. The van der Waals surface area contributed by atoms with E-state index in [4.69, 9.17) is 0 Å². The number of benzene rings is 1. The lowest BCUT2D eigenvalue weighted by Gasteiger charge is -2.10. The van der Waals surface area contributed by atoms with E-state index in [0.29, 0.717) is 0 Å². The van der Waals surface area contributed by atoms with Crippen LogP contribution >= 0.6 is 0 Å². The van der Waals surface area contributed by atoms with Gasteiger partial charge in [0.1, 0.15) is 6.33 Å². The molecular weight excluding hydrogens is 320 g/mol. The van der Waals surface area contributed by atoms with E-state index in [9.17, 15) is 10.1 Å². The molecule has 25 heavy (non-hydrogen) atoms. The Morgan fingerprint density at radius 1 is 1.04 bits per heavy atom. The van der Waals surface area contributed by atoms with Crippen molar-refractivity contribution in [3.63, 3.8) is 0 Å². The Hall–Kier alpha value is -3.29. The maximum Gasteiger partial charge on any atom is 0.355 e. The van der Waals surface area contributed by atoms with Crippen LogP contribution in [0.4, 0.5) is 17.2 Å². The minimum atomic E-state index is -0.489. The topological polar surface area (TPSA) is 98.8 Å². The molecule has 8 heteroatoms. The Morgan fingerprint density at radius 2 is 1.72 bits per heavy atom. The van der Waals surface area contributed by atoms with Crippen molar-refractivity contribution in [2.75, 3.05) is 5.32 Å². The summed E-state index contributed by atoms with van der Waals surface area (Å²) in [5, 5.41) is 19.0. The van der Waals surface area contributed by atoms with Gasteiger partial charge in [-0.15, -0.1) is 0 Å². The van der Waals surface area contributed by atoms with Gasteiger partial charge in [-0.3, -0.25) is 10.1 Å². The van der Waals surface area contributed by atoms with Gasteiger partial charge in [0.05, 0.1) is 10.6 Å². The highest BCUT2D eigenvalue weighted by atomic mass is 16.6. The number of hydrogen-bond donors (Lipinski definition) is 1. The summed E-state index contributed by atoms with van der Waals surface area (Å²) in [6, 6.07) is 7.67. The van der Waals surface area contributed by atoms with Crippen LogP contribution in [0.2, 0.25) is 0 Å². The zero-order valence-electron chi connectivity index (χ0n) is 14.4. The van der Waals surface area contributed by atoms with Gasteiger partial charge < -0.3 is 5.32 Å². The summed E-state index contributed by atoms with van der Waals surface area (Å²) in [5.74, 6) is 0.269. The standard InChI is InChI=1S/C17H18N6O2/c1-10-5-11(2)7-14(6-10)20-16-15(23(24)25)17(19-9-18-16)22-13(4)8-12(3)21-22/h5-9H,1-4H3,(H,18,19,20). The molecule has 3 aromatic rings. The first-order valence-corrected chi connectivity index (χ1v) is 7.73. The van der Waals surface area contributed by atoms with Gasteiger partial charge in [0.2, 0.25) is 11.6 Å². The SMILES string of the molecule is Cc1cc(C)cc(Nc2ncnc(-n3nc(C)cc3C)c2[N+](=O)[O-])c1. The van der Waals surface area contributed by atoms with Crippen LogP contribution in [-0.4, -0.2) is 24.7 Å². The van der Waals surface area contributed by atoms with Crippen LogP contribution in [0.25, 0.3) is 5.82 Å². The van der Waals surface area contributed by atoms with Gasteiger partial charge >= 0.3 is 5.69 Å². The molecule has 2 heterocycles. The number of rotatable bonds is 4. The highest BCUT2D eigenvalue weighted by Gasteiger charge is 2.26. The Balaban J connectivity index is 2.13. The molecule has 0 saturated carbocycles. The molecule has 3 rings (SSSR count). The van der Waals surface area contributed by atoms with Crippen molar-refractivity contribution in [1.29, 1.82) is 0 Å². The molecular formula is C17H18N6O2. The van der Waals surface area contributed by atoms with Gasteiger partial charge in [0.25, 0.3) is 0 Å². The Labute approximate surface area is 144 Å². The number of anilines is 2. The highest BCUT2D eigenvalue weighted by molar-refractivity contribution is 5.70. The third kappa shape index (κ3) is 3.32. The first kappa shape index (κ1) is 16.6. The zero-order chi connectivity index (χ0) is 18.1. The molecule has 0 fully saturated rings. The summed E-state index contributed by atoms with van der Waals surface area (Å²) < 4.78 is 1.46. The summed E-state index contributed by atoms with van der Waals surface area (Å²) in [4.78, 5) is 19.4. The lowest BCUT2D eigenvalue weighted by Crippen LogP contribution is -2.10. The predicted octanol–water partition coefficient (Wildman–Crippen LogP) is 3.55. The smallest absolute Gasteiger partial charge is 0.334 e. The van der Waals surface area contributed by atoms with Crippen LogP contribution in [0.1, 0.15) is 22.5 Å². The third-order valence-corrected chi connectivity index (χ3v) is 3.68. The van der Waals surface area contributed by atoms with Crippen LogP contribution in [0.3, 0.4) is 0 Å². The van der Waals surface area contributed by atoms with E-state index in [0.717, 1.165) is 28.2 Å². The summed E-state index contributed by atoms with van der Waals surface area (Å²) in [7, 11) is 0. The molecule has 8 nitrogen and oxygen atoms in total. The second kappa shape index (κ2) is 6.31. The van der Waals surface area contributed by atoms with Gasteiger partial charge in [-0.25, -0.2) is 14.6 Å². The van der Waals surface area contributed by atoms with Crippen molar-refractivity contribution in [2.24, 2.45) is 0 Å². The van der Waals surface area contributed by atoms with Gasteiger partial charge in [-0.05, 0) is 57.0 Å². The van der Waals surface area contributed by atoms with Gasteiger partial charge in [0.15, 0.2) is 0 Å². The quantitative estimate of drug-likeness (QED) is 0.577. The van der Waals surface area contributed by atoms with E-state index in [-0.39, 0.29) is 17.3 Å². The summed E-state index contributed by atoms with van der Waals surface area (Å²) in [6.45, 7) is 7.58. The number of hydrogen-bond acceptors (Lipinski definition) is 6. The predicted molar refractivity (Wildman–Crippen MR) is 94.5 cm³/mol. The molecule has 0 unspecified atom stereocenters. The Bertz CT molecular complexity index is 944. The lowest BCUT2D eigenvalue weighted by molar-refractivity contribution is -0.384. The number of nitro groups is 1. The molecule has 128 valence electrons. The van der Waals surface area contributed by atoms with Crippen LogP contribution in [0.15, 0.2) is 30.6 Å². The Kier molecular flexibility index (Phi) is 4.18. The fourth-order valence-corrected chi connectivity index (χ4v) is 2.81. The van der Waals surface area contributed by atoms with E-state index in [1.54, 1.807) is 0 Å². The van der Waals surface area contributed by atoms with Crippen LogP contribution < -0.4 is 5.32 Å². The molecule has 0 amide bonds. The monoisotopic (exact) mass is 338 g/mol. The highest BCUT2D eigenvalue weighted by Crippen LogP contribution is 2.31. The second-order valence-electron chi connectivity index (χ2n) is 5.99. The summed E-state index contributed by atoms with van der Waals surface area (Å²) >= 11 is 0. The molecule has 0 aliphatic heterocycles. The maximum absolute atomic E-state index is 11.7. The molecule has 0 aliphatic rings. The van der Waals surface area contributed by atoms with E-state index in [2.05, 4.69) is 20.4 Å². The van der Waals surface area contributed by atoms with Crippen molar-refractivity contribution in [2.45, 2.75) is 27.7 Å². The van der Waals surface area contributed by atoms with Crippen LogP contribution in [-0.2, 0) is 0 Å². The summed E-state index contributed by atoms with van der Waals surface area (Å²) in [5.41, 5.74) is 4.15. The first-order valence-electron chi connectivity index (χ1n) is 7.73. The van der Waals surface area contributed by atoms with Crippen LogP contribution in [0.5, 0.6) is 0 Å². The van der Waals surface area contributed by atoms with Crippen molar-refractivity contribution in [3.8, 4) is 5.82 Å². The van der Waals surface area contributed by atoms with Crippen molar-refractivity contribution >= 4 is 17.2 Å². The average Bonchev–Trinajstić information content (AvgIpc) is 2.84. The normalized spacial score (nSPS) is 10.7. The average molecular weight is 338 g/mol. The van der Waals surface area contributed by atoms with Crippen molar-refractivity contribution in [3.05, 3.63) is 63.2 Å². The summed E-state index contributed by atoms with van der Waals surface area (Å²) in [6.07, 6.45) is 1.30. The first-order chi connectivity index (χ1) is 11.8.